The van der Waals surface area contributed by atoms with Crippen LogP contribution in [0, 0.1) is 0 Å². The van der Waals surface area contributed by atoms with Crippen LogP contribution in [-0.2, 0) is 0 Å². The Morgan fingerprint density at radius 3 is 1.60 bits per heavy atom. The number of nitrogens with two attached hydrogens (primary N) is 1. The first-order valence-corrected chi connectivity index (χ1v) is 2.52. The molecule has 0 aliphatic rings. The molecule has 0 saturated heterocycles. The average Bonchev–Trinajstić information content (AvgIpc) is 0.722. The Bertz CT molecular complexity index is 23.1. The molecule has 2 N–H and O–H groups in total. The maximum absolute atomic E-state index is 5.28. The molecule has 0 aromatic heterocycles. The minimum Gasteiger partial charge on any atom is -0.319 e. The van der Waals surface area contributed by atoms with E-state index in [1.165, 1.54) is 0 Å². The molecule has 0 fully saturated rings. The van der Waals surface area contributed by atoms with Crippen molar-refractivity contribution < 1.29 is 0 Å². The summed E-state index contributed by atoms with van der Waals surface area (Å²) in [5, 5.41) is -0.167. The molecule has 0 amide bonds. The van der Waals surface area contributed by atoms with Gasteiger partial charge in [0, 0.05) is 5.02 Å². The third kappa shape index (κ3) is 57.0. The minimum atomic E-state index is -0.167. The van der Waals surface area contributed by atoms with Crippen molar-refractivity contribution in [3.05, 3.63) is 0 Å². The van der Waals surface area contributed by atoms with Crippen LogP contribution in [0.3, 0.4) is 0 Å². The van der Waals surface area contributed by atoms with Gasteiger partial charge in [-0.1, -0.05) is 0 Å². The van der Waals surface area contributed by atoms with Crippen LogP contribution in [0.5, 0.6) is 0 Å². The Balaban J connectivity index is 3.02. The molecule has 5 heavy (non-hydrogen) atoms. The van der Waals surface area contributed by atoms with E-state index in [2.05, 4.69) is 18.5 Å². The summed E-state index contributed by atoms with van der Waals surface area (Å²) >= 11 is 0. The summed E-state index contributed by atoms with van der Waals surface area (Å²) in [6.45, 7) is 1.89. The van der Waals surface area contributed by atoms with Crippen LogP contribution >= 0.6 is 18.5 Å². The second kappa shape index (κ2) is 1.51. The highest BCUT2D eigenvalue weighted by molar-refractivity contribution is 7.39. The van der Waals surface area contributed by atoms with E-state index in [-0.39, 0.29) is 5.02 Å². The molecule has 0 aromatic rings. The van der Waals surface area contributed by atoms with Crippen molar-refractivity contribution >= 4 is 18.5 Å². The fraction of sp³-hybridized carbons (Fsp3) is 1.00. The van der Waals surface area contributed by atoms with E-state index in [1.807, 2.05) is 6.92 Å². The van der Waals surface area contributed by atoms with E-state index >= 15 is 0 Å². The third-order valence-electron chi connectivity index (χ3n) is 0. The molecule has 1 nitrogen and oxygen atoms in total. The lowest BCUT2D eigenvalue weighted by Gasteiger charge is -2.06. The number of hydrogen-bond acceptors (Lipinski definition) is 1. The fourth-order valence-electron chi connectivity index (χ4n) is 0. The van der Waals surface area contributed by atoms with E-state index in [4.69, 9.17) is 5.73 Å². The largest absolute Gasteiger partial charge is 0.319 e. The lowest BCUT2D eigenvalue weighted by Crippen LogP contribution is -2.17. The maximum atomic E-state index is 5.28. The molecule has 0 bridgehead atoms. The predicted octanol–water partition coefficient (Wildman–Crippen LogP) is 0.369. The first-order chi connectivity index (χ1) is 2.00. The molecule has 0 aliphatic heterocycles. The monoisotopic (exact) mass is 109 g/mol. The Hall–Kier alpha value is 0.820. The first kappa shape index (κ1) is 5.82. The van der Waals surface area contributed by atoms with Gasteiger partial charge in [-0.15, -0.1) is 18.5 Å². The Kier molecular flexibility index (Phi) is 1.76. The SMILES string of the molecule is CC(N)(P)P. The van der Waals surface area contributed by atoms with Gasteiger partial charge in [0.2, 0.25) is 0 Å². The zero-order chi connectivity index (χ0) is 4.50. The first-order valence-electron chi connectivity index (χ1n) is 1.37. The zero-order valence-electron chi connectivity index (χ0n) is 3.23. The second-order valence-corrected chi connectivity index (χ2v) is 4.52. The number of rotatable bonds is 0. The molecule has 0 spiro atoms. The van der Waals surface area contributed by atoms with E-state index < -0.39 is 0 Å². The zero-order valence-corrected chi connectivity index (χ0v) is 5.54. The smallest absolute Gasteiger partial charge is 0.0408 e. The van der Waals surface area contributed by atoms with Gasteiger partial charge in [-0.3, -0.25) is 0 Å². The predicted molar refractivity (Wildman–Crippen MR) is 32.0 cm³/mol. The summed E-state index contributed by atoms with van der Waals surface area (Å²) in [5.41, 5.74) is 5.28. The van der Waals surface area contributed by atoms with Gasteiger partial charge in [-0.2, -0.15) is 0 Å². The molecule has 2 atom stereocenters. The topological polar surface area (TPSA) is 26.0 Å². The minimum absolute atomic E-state index is 0.167. The summed E-state index contributed by atoms with van der Waals surface area (Å²) in [7, 11) is 4.91. The summed E-state index contributed by atoms with van der Waals surface area (Å²) in [4.78, 5) is 0. The fourth-order valence-corrected chi connectivity index (χ4v) is 0. The molecule has 0 aromatic carbocycles. The van der Waals surface area contributed by atoms with Gasteiger partial charge in [0.15, 0.2) is 0 Å². The van der Waals surface area contributed by atoms with Crippen LogP contribution in [0.2, 0.25) is 0 Å². The summed E-state index contributed by atoms with van der Waals surface area (Å²) < 4.78 is 0. The van der Waals surface area contributed by atoms with Crippen LogP contribution in [0.4, 0.5) is 0 Å². The molecule has 32 valence electrons. The van der Waals surface area contributed by atoms with Gasteiger partial charge < -0.3 is 5.73 Å². The third-order valence-corrected chi connectivity index (χ3v) is 0. The van der Waals surface area contributed by atoms with Gasteiger partial charge >= 0.3 is 0 Å². The normalized spacial score (nSPS) is 12.0. The highest BCUT2D eigenvalue weighted by Gasteiger charge is 1.95. The summed E-state index contributed by atoms with van der Waals surface area (Å²) in [6.07, 6.45) is 0. The average molecular weight is 109 g/mol. The lowest BCUT2D eigenvalue weighted by molar-refractivity contribution is 0.970. The molecular formula is C2H9NP2. The molecule has 0 aliphatic carbocycles. The van der Waals surface area contributed by atoms with Crippen molar-refractivity contribution in [1.29, 1.82) is 0 Å². The highest BCUT2D eigenvalue weighted by Crippen LogP contribution is 2.16. The maximum Gasteiger partial charge on any atom is 0.0408 e. The van der Waals surface area contributed by atoms with Gasteiger partial charge in [-0.25, -0.2) is 0 Å². The van der Waals surface area contributed by atoms with Crippen LogP contribution in [0.1, 0.15) is 6.92 Å². The molecule has 2 unspecified atom stereocenters. The summed E-state index contributed by atoms with van der Waals surface area (Å²) in [6, 6.07) is 0. The standard InChI is InChI=1S/C2H9NP2/c1-2(3,4)5/h3-5H2,1H3. The Morgan fingerprint density at radius 2 is 1.60 bits per heavy atom. The lowest BCUT2D eigenvalue weighted by atomic mass is 10.8. The molecule has 3 heteroatoms. The van der Waals surface area contributed by atoms with Gasteiger partial charge in [0.05, 0.1) is 0 Å². The van der Waals surface area contributed by atoms with Crippen molar-refractivity contribution in [3.8, 4) is 0 Å². The molecule has 0 rings (SSSR count). The van der Waals surface area contributed by atoms with Crippen molar-refractivity contribution in [2.75, 3.05) is 0 Å². The van der Waals surface area contributed by atoms with E-state index in [0.717, 1.165) is 0 Å². The highest BCUT2D eigenvalue weighted by atomic mass is 31.1. The van der Waals surface area contributed by atoms with Crippen molar-refractivity contribution in [2.45, 2.75) is 11.9 Å². The molecular weight excluding hydrogens is 100.0 g/mol. The van der Waals surface area contributed by atoms with E-state index in [9.17, 15) is 0 Å². The van der Waals surface area contributed by atoms with Crippen LogP contribution in [0.15, 0.2) is 0 Å². The Morgan fingerprint density at radius 1 is 1.60 bits per heavy atom. The molecule has 0 saturated carbocycles. The summed E-state index contributed by atoms with van der Waals surface area (Å²) in [5.74, 6) is 0. The van der Waals surface area contributed by atoms with Crippen molar-refractivity contribution in [2.24, 2.45) is 5.73 Å². The second-order valence-electron chi connectivity index (χ2n) is 1.37. The molecule has 0 radical (unpaired) electrons. The van der Waals surface area contributed by atoms with Crippen LogP contribution in [-0.4, -0.2) is 5.02 Å². The van der Waals surface area contributed by atoms with E-state index in [1.54, 1.807) is 0 Å². The Labute approximate surface area is 37.1 Å². The number of hydrogen-bond donors (Lipinski definition) is 1. The van der Waals surface area contributed by atoms with Crippen molar-refractivity contribution in [3.63, 3.8) is 0 Å². The van der Waals surface area contributed by atoms with Gasteiger partial charge in [0.1, 0.15) is 0 Å². The van der Waals surface area contributed by atoms with Gasteiger partial charge in [0.25, 0.3) is 0 Å². The van der Waals surface area contributed by atoms with E-state index in [0.29, 0.717) is 0 Å². The van der Waals surface area contributed by atoms with Crippen molar-refractivity contribution in [1.82, 2.24) is 0 Å². The quantitative estimate of drug-likeness (QED) is 0.447. The van der Waals surface area contributed by atoms with Gasteiger partial charge in [-0.05, 0) is 6.92 Å². The van der Waals surface area contributed by atoms with Crippen LogP contribution in [0.25, 0.3) is 0 Å². The van der Waals surface area contributed by atoms with Crippen LogP contribution < -0.4 is 5.73 Å². The molecule has 0 heterocycles.